The predicted molar refractivity (Wildman–Crippen MR) is 84.4 cm³/mol. The maximum atomic E-state index is 10.7. The summed E-state index contributed by atoms with van der Waals surface area (Å²) in [5, 5.41) is 10.7. The zero-order valence-electron chi connectivity index (χ0n) is 13.1. The van der Waals surface area contributed by atoms with Crippen LogP contribution in [-0.4, -0.2) is 35.3 Å². The molecule has 2 fully saturated rings. The van der Waals surface area contributed by atoms with Crippen molar-refractivity contribution >= 4 is 0 Å². The minimum Gasteiger partial charge on any atom is -0.494 e. The highest BCUT2D eigenvalue weighted by Crippen LogP contribution is 2.40. The summed E-state index contributed by atoms with van der Waals surface area (Å²) in [5.41, 5.74) is 0.966. The van der Waals surface area contributed by atoms with E-state index >= 15 is 0 Å². The lowest BCUT2D eigenvalue weighted by Gasteiger charge is -2.47. The van der Waals surface area contributed by atoms with Crippen molar-refractivity contribution in [3.63, 3.8) is 0 Å². The van der Waals surface area contributed by atoms with E-state index < -0.39 is 0 Å². The number of hydrogen-bond acceptors (Lipinski definition) is 3. The van der Waals surface area contributed by atoms with Crippen LogP contribution in [0.1, 0.15) is 44.6 Å². The molecule has 1 N–H and O–H groups in total. The number of fused-ring (bicyclic) bond motifs is 1. The van der Waals surface area contributed by atoms with Gasteiger partial charge in [-0.2, -0.15) is 0 Å². The van der Waals surface area contributed by atoms with Gasteiger partial charge in [0, 0.05) is 25.6 Å². The molecule has 3 heteroatoms. The Morgan fingerprint density at radius 2 is 2.05 bits per heavy atom. The van der Waals surface area contributed by atoms with E-state index in [1.807, 2.05) is 6.92 Å². The molecule has 116 valence electrons. The van der Waals surface area contributed by atoms with Gasteiger partial charge in [0.15, 0.2) is 0 Å². The Labute approximate surface area is 127 Å². The summed E-state index contributed by atoms with van der Waals surface area (Å²) in [7, 11) is 0. The minimum atomic E-state index is -0.367. The molecule has 1 aliphatic heterocycles. The zero-order chi connectivity index (χ0) is 14.7. The fourth-order valence-electron chi connectivity index (χ4n) is 3.90. The average molecular weight is 289 g/mol. The summed E-state index contributed by atoms with van der Waals surface area (Å²) in [4.78, 5) is 2.50. The molecule has 2 atom stereocenters. The molecule has 3 nitrogen and oxygen atoms in total. The van der Waals surface area contributed by atoms with Crippen LogP contribution >= 0.6 is 0 Å². The van der Waals surface area contributed by atoms with Crippen molar-refractivity contribution in [1.29, 1.82) is 0 Å². The third-order valence-corrected chi connectivity index (χ3v) is 5.15. The second-order valence-electron chi connectivity index (χ2n) is 6.61. The van der Waals surface area contributed by atoms with E-state index in [1.54, 1.807) is 0 Å². The predicted octanol–water partition coefficient (Wildman–Crippen LogP) is 3.21. The number of likely N-dealkylation sites (tertiary alicyclic amines) is 1. The second-order valence-corrected chi connectivity index (χ2v) is 6.61. The SMILES string of the molecule is CCOc1ccc(CN2CCC3(O)CCCCC3C2)cc1. The summed E-state index contributed by atoms with van der Waals surface area (Å²) in [6, 6.07) is 8.43. The topological polar surface area (TPSA) is 32.7 Å². The number of aliphatic hydroxyl groups is 1. The van der Waals surface area contributed by atoms with Crippen LogP contribution in [0.25, 0.3) is 0 Å². The van der Waals surface area contributed by atoms with Crippen LogP contribution in [0.4, 0.5) is 0 Å². The summed E-state index contributed by atoms with van der Waals surface area (Å²) >= 11 is 0. The first kappa shape index (κ1) is 14.9. The molecular formula is C18H27NO2. The lowest BCUT2D eigenvalue weighted by Crippen LogP contribution is -2.52. The smallest absolute Gasteiger partial charge is 0.119 e. The molecule has 21 heavy (non-hydrogen) atoms. The molecule has 1 saturated heterocycles. The molecule has 0 amide bonds. The van der Waals surface area contributed by atoms with Crippen LogP contribution < -0.4 is 4.74 Å². The zero-order valence-corrected chi connectivity index (χ0v) is 13.1. The molecule has 1 aromatic rings. The Morgan fingerprint density at radius 3 is 2.81 bits per heavy atom. The van der Waals surface area contributed by atoms with Crippen LogP contribution in [0.15, 0.2) is 24.3 Å². The average Bonchev–Trinajstić information content (AvgIpc) is 2.50. The lowest BCUT2D eigenvalue weighted by molar-refractivity contribution is -0.0967. The Morgan fingerprint density at radius 1 is 1.24 bits per heavy atom. The van der Waals surface area contributed by atoms with Crippen LogP contribution in [0.2, 0.25) is 0 Å². The molecule has 2 aliphatic rings. The van der Waals surface area contributed by atoms with Gasteiger partial charge >= 0.3 is 0 Å². The van der Waals surface area contributed by atoms with E-state index in [4.69, 9.17) is 4.74 Å². The lowest BCUT2D eigenvalue weighted by atomic mass is 9.71. The van der Waals surface area contributed by atoms with Crippen LogP contribution in [0, 0.1) is 5.92 Å². The Bertz CT molecular complexity index is 459. The summed E-state index contributed by atoms with van der Waals surface area (Å²) in [5.74, 6) is 1.42. The molecule has 1 heterocycles. The van der Waals surface area contributed by atoms with Crippen molar-refractivity contribution in [2.24, 2.45) is 5.92 Å². The monoisotopic (exact) mass is 289 g/mol. The van der Waals surface area contributed by atoms with Crippen LogP contribution in [-0.2, 0) is 6.54 Å². The van der Waals surface area contributed by atoms with Crippen LogP contribution in [0.3, 0.4) is 0 Å². The fraction of sp³-hybridized carbons (Fsp3) is 0.667. The van der Waals surface area contributed by atoms with Gasteiger partial charge < -0.3 is 9.84 Å². The molecule has 3 rings (SSSR count). The number of hydrogen-bond donors (Lipinski definition) is 1. The largest absolute Gasteiger partial charge is 0.494 e. The van der Waals surface area contributed by atoms with E-state index in [-0.39, 0.29) is 5.60 Å². The van der Waals surface area contributed by atoms with Gasteiger partial charge in [-0.3, -0.25) is 4.90 Å². The Balaban J connectivity index is 1.58. The van der Waals surface area contributed by atoms with Crippen LogP contribution in [0.5, 0.6) is 5.75 Å². The number of ether oxygens (including phenoxy) is 1. The van der Waals surface area contributed by atoms with E-state index in [2.05, 4.69) is 29.2 Å². The van der Waals surface area contributed by atoms with Gasteiger partial charge in [0.1, 0.15) is 5.75 Å². The highest BCUT2D eigenvalue weighted by atomic mass is 16.5. The number of benzene rings is 1. The van der Waals surface area contributed by atoms with Gasteiger partial charge in [-0.05, 0) is 43.9 Å². The van der Waals surface area contributed by atoms with Gasteiger partial charge in [-0.1, -0.05) is 25.0 Å². The third-order valence-electron chi connectivity index (χ3n) is 5.15. The van der Waals surface area contributed by atoms with Crippen molar-refractivity contribution in [2.45, 2.75) is 51.2 Å². The standard InChI is InChI=1S/C18H27NO2/c1-2-21-17-8-6-15(7-9-17)13-19-12-11-18(20)10-4-3-5-16(18)14-19/h6-9,16,20H,2-5,10-14H2,1H3. The summed E-state index contributed by atoms with van der Waals surface area (Å²) in [6.07, 6.45) is 5.62. The van der Waals surface area contributed by atoms with E-state index in [9.17, 15) is 5.11 Å². The molecule has 0 spiro atoms. The Hall–Kier alpha value is -1.06. The first-order valence-electron chi connectivity index (χ1n) is 8.36. The molecule has 0 aromatic heterocycles. The first-order chi connectivity index (χ1) is 10.2. The third kappa shape index (κ3) is 3.41. The minimum absolute atomic E-state index is 0.367. The summed E-state index contributed by atoms with van der Waals surface area (Å²) in [6.45, 7) is 5.77. The molecule has 1 aromatic carbocycles. The van der Waals surface area contributed by atoms with Gasteiger partial charge in [0.05, 0.1) is 12.2 Å². The first-order valence-corrected chi connectivity index (χ1v) is 8.36. The number of nitrogens with zero attached hydrogens (tertiary/aromatic N) is 1. The van der Waals surface area contributed by atoms with E-state index in [0.29, 0.717) is 12.5 Å². The van der Waals surface area contributed by atoms with Crippen molar-refractivity contribution in [3.05, 3.63) is 29.8 Å². The normalized spacial score (nSPS) is 29.9. The maximum absolute atomic E-state index is 10.7. The molecular weight excluding hydrogens is 262 g/mol. The molecule has 1 saturated carbocycles. The molecule has 2 unspecified atom stereocenters. The number of rotatable bonds is 4. The summed E-state index contributed by atoms with van der Waals surface area (Å²) < 4.78 is 5.49. The second kappa shape index (κ2) is 6.37. The molecule has 0 radical (unpaired) electrons. The molecule has 0 bridgehead atoms. The van der Waals surface area contributed by atoms with E-state index in [0.717, 1.165) is 38.2 Å². The maximum Gasteiger partial charge on any atom is 0.119 e. The van der Waals surface area contributed by atoms with E-state index in [1.165, 1.54) is 24.8 Å². The molecule has 1 aliphatic carbocycles. The fourth-order valence-corrected chi connectivity index (χ4v) is 3.90. The van der Waals surface area contributed by atoms with Crippen molar-refractivity contribution in [3.8, 4) is 5.75 Å². The van der Waals surface area contributed by atoms with Gasteiger partial charge in [0.2, 0.25) is 0 Å². The quantitative estimate of drug-likeness (QED) is 0.924. The highest BCUT2D eigenvalue weighted by Gasteiger charge is 2.42. The van der Waals surface area contributed by atoms with Crippen molar-refractivity contribution < 1.29 is 9.84 Å². The number of piperidine rings is 1. The van der Waals surface area contributed by atoms with Gasteiger partial charge in [-0.25, -0.2) is 0 Å². The van der Waals surface area contributed by atoms with Gasteiger partial charge in [0.25, 0.3) is 0 Å². The highest BCUT2D eigenvalue weighted by molar-refractivity contribution is 5.27. The Kier molecular flexibility index (Phi) is 4.51. The van der Waals surface area contributed by atoms with Crippen molar-refractivity contribution in [1.82, 2.24) is 4.90 Å². The van der Waals surface area contributed by atoms with Gasteiger partial charge in [-0.15, -0.1) is 0 Å². The van der Waals surface area contributed by atoms with Crippen molar-refractivity contribution in [2.75, 3.05) is 19.7 Å².